The highest BCUT2D eigenvalue weighted by molar-refractivity contribution is 6.07. The summed E-state index contributed by atoms with van der Waals surface area (Å²) in [6.45, 7) is 10.0. The van der Waals surface area contributed by atoms with Gasteiger partial charge in [-0.3, -0.25) is 9.59 Å². The summed E-state index contributed by atoms with van der Waals surface area (Å²) in [6.07, 6.45) is 3.09. The van der Waals surface area contributed by atoms with Crippen molar-refractivity contribution in [3.8, 4) is 11.5 Å². The van der Waals surface area contributed by atoms with Crippen molar-refractivity contribution in [3.05, 3.63) is 35.4 Å². The van der Waals surface area contributed by atoms with E-state index in [2.05, 4.69) is 0 Å². The quantitative estimate of drug-likeness (QED) is 0.763. The Labute approximate surface area is 171 Å². The van der Waals surface area contributed by atoms with E-state index in [9.17, 15) is 14.7 Å². The number of benzene rings is 1. The Morgan fingerprint density at radius 2 is 2.00 bits per heavy atom. The van der Waals surface area contributed by atoms with E-state index in [1.54, 1.807) is 6.07 Å². The first-order chi connectivity index (χ1) is 13.5. The van der Waals surface area contributed by atoms with Gasteiger partial charge in [0.15, 0.2) is 22.8 Å². The van der Waals surface area contributed by atoms with Gasteiger partial charge in [-0.25, -0.2) is 0 Å². The predicted molar refractivity (Wildman–Crippen MR) is 107 cm³/mol. The molecule has 5 heteroatoms. The number of ketones is 2. The van der Waals surface area contributed by atoms with Gasteiger partial charge in [-0.2, -0.15) is 0 Å². The van der Waals surface area contributed by atoms with Crippen LogP contribution in [0.3, 0.4) is 0 Å². The second-order valence-corrected chi connectivity index (χ2v) is 10.1. The Balaban J connectivity index is 1.81. The van der Waals surface area contributed by atoms with Crippen LogP contribution in [0.15, 0.2) is 29.8 Å². The van der Waals surface area contributed by atoms with E-state index in [4.69, 9.17) is 9.47 Å². The van der Waals surface area contributed by atoms with E-state index in [0.29, 0.717) is 24.2 Å². The highest BCUT2D eigenvalue weighted by atomic mass is 16.6. The van der Waals surface area contributed by atoms with E-state index in [0.717, 1.165) is 5.57 Å². The van der Waals surface area contributed by atoms with Gasteiger partial charge in [0.2, 0.25) is 0 Å². The summed E-state index contributed by atoms with van der Waals surface area (Å²) in [4.78, 5) is 27.5. The van der Waals surface area contributed by atoms with Gasteiger partial charge in [0, 0.05) is 24.3 Å². The number of carbonyl (C=O) groups excluding carboxylic acids is 2. The molecule has 5 aliphatic rings. The molecule has 154 valence electrons. The lowest BCUT2D eigenvalue weighted by atomic mass is 9.43. The molecule has 6 unspecified atom stereocenters. The molecule has 6 atom stereocenters. The number of ether oxygens (including phenoxy) is 2. The van der Waals surface area contributed by atoms with E-state index in [1.807, 2.05) is 40.7 Å². The summed E-state index contributed by atoms with van der Waals surface area (Å²) in [5.74, 6) is -0.352. The second-order valence-electron chi connectivity index (χ2n) is 10.1. The molecule has 3 aliphatic carbocycles. The molecular weight excluding hydrogens is 368 g/mol. The van der Waals surface area contributed by atoms with Crippen LogP contribution >= 0.6 is 0 Å². The first-order valence-electron chi connectivity index (χ1n) is 10.5. The van der Waals surface area contributed by atoms with Crippen LogP contribution in [-0.2, 0) is 9.53 Å². The molecule has 4 fully saturated rings. The zero-order chi connectivity index (χ0) is 20.9. The number of phenols is 1. The molecule has 3 saturated carbocycles. The van der Waals surface area contributed by atoms with Crippen molar-refractivity contribution in [2.75, 3.05) is 0 Å². The third kappa shape index (κ3) is 2.04. The van der Waals surface area contributed by atoms with E-state index in [-0.39, 0.29) is 35.1 Å². The first-order valence-corrected chi connectivity index (χ1v) is 10.5. The molecule has 0 radical (unpaired) electrons. The molecule has 0 amide bonds. The largest absolute Gasteiger partial charge is 0.508 e. The third-order valence-electron chi connectivity index (χ3n) is 7.86. The molecule has 29 heavy (non-hydrogen) atoms. The standard InChI is InChI=1S/C24H28O5/c1-12(2)8-9-23-21(27)16-11-18(22(4,5)29-23)24(23)19(13(16)3)20(26)15-7-6-14(25)10-17(15)28-24/h6-8,10,13,16,18-19,25H,9,11H2,1-5H3. The Kier molecular flexibility index (Phi) is 3.58. The lowest BCUT2D eigenvalue weighted by Crippen LogP contribution is -2.78. The summed E-state index contributed by atoms with van der Waals surface area (Å²) in [5.41, 5.74) is -1.24. The molecular formula is C24H28O5. The van der Waals surface area contributed by atoms with Crippen molar-refractivity contribution in [3.63, 3.8) is 0 Å². The van der Waals surface area contributed by atoms with Crippen molar-refractivity contribution in [2.45, 2.75) is 64.3 Å². The van der Waals surface area contributed by atoms with Crippen LogP contribution in [-0.4, -0.2) is 33.5 Å². The number of carbonyl (C=O) groups is 2. The number of allylic oxidation sites excluding steroid dienone is 1. The zero-order valence-corrected chi connectivity index (χ0v) is 17.6. The van der Waals surface area contributed by atoms with Gasteiger partial charge in [0.1, 0.15) is 11.5 Å². The van der Waals surface area contributed by atoms with Crippen LogP contribution in [0.2, 0.25) is 0 Å². The van der Waals surface area contributed by atoms with E-state index in [1.165, 1.54) is 12.1 Å². The van der Waals surface area contributed by atoms with Gasteiger partial charge in [-0.1, -0.05) is 18.6 Å². The van der Waals surface area contributed by atoms with Crippen molar-refractivity contribution in [1.82, 2.24) is 0 Å². The molecule has 0 aromatic heterocycles. The maximum Gasteiger partial charge on any atom is 0.174 e. The van der Waals surface area contributed by atoms with Crippen LogP contribution in [0.25, 0.3) is 0 Å². The lowest BCUT2D eigenvalue weighted by Gasteiger charge is -2.62. The third-order valence-corrected chi connectivity index (χ3v) is 7.86. The van der Waals surface area contributed by atoms with Crippen LogP contribution in [0, 0.1) is 23.7 Å². The zero-order valence-electron chi connectivity index (χ0n) is 17.6. The highest BCUT2D eigenvalue weighted by Gasteiger charge is 2.84. The Hall–Kier alpha value is -2.14. The first kappa shape index (κ1) is 18.9. The number of phenolic OH excluding ortho intramolecular Hbond substituents is 1. The molecule has 6 rings (SSSR count). The van der Waals surface area contributed by atoms with Gasteiger partial charge in [-0.15, -0.1) is 0 Å². The number of fused-ring (bicyclic) bond motifs is 1. The lowest BCUT2D eigenvalue weighted by molar-refractivity contribution is -0.209. The number of rotatable bonds is 2. The fraction of sp³-hybridized carbons (Fsp3) is 0.583. The minimum Gasteiger partial charge on any atom is -0.508 e. The van der Waals surface area contributed by atoms with Crippen LogP contribution in [0.5, 0.6) is 11.5 Å². The highest BCUT2D eigenvalue weighted by Crippen LogP contribution is 2.70. The van der Waals surface area contributed by atoms with Gasteiger partial charge in [-0.05, 0) is 52.2 Å². The number of hydrogen-bond acceptors (Lipinski definition) is 5. The molecule has 1 aromatic rings. The number of Topliss-reactive ketones (excluding diaryl/α,β-unsaturated/α-hetero) is 2. The van der Waals surface area contributed by atoms with Crippen molar-refractivity contribution < 1.29 is 24.2 Å². The van der Waals surface area contributed by atoms with Crippen LogP contribution < -0.4 is 4.74 Å². The fourth-order valence-corrected chi connectivity index (χ4v) is 6.75. The summed E-state index contributed by atoms with van der Waals surface area (Å²) in [6, 6.07) is 4.64. The van der Waals surface area contributed by atoms with E-state index < -0.39 is 22.7 Å². The fourth-order valence-electron chi connectivity index (χ4n) is 6.75. The van der Waals surface area contributed by atoms with Crippen LogP contribution in [0.4, 0.5) is 0 Å². The van der Waals surface area contributed by atoms with Gasteiger partial charge < -0.3 is 14.6 Å². The maximum atomic E-state index is 13.8. The molecule has 4 bridgehead atoms. The Morgan fingerprint density at radius 1 is 1.28 bits per heavy atom. The molecule has 1 N–H and O–H groups in total. The SMILES string of the molecule is CC(C)=CCC12OC(C)(C)C3CC(C1=O)C(C)C1C(=O)c4ccc(O)cc4OC132. The smallest absolute Gasteiger partial charge is 0.174 e. The minimum absolute atomic E-state index is 0.00354. The Bertz CT molecular complexity index is 971. The summed E-state index contributed by atoms with van der Waals surface area (Å²) in [7, 11) is 0. The maximum absolute atomic E-state index is 13.8. The Morgan fingerprint density at radius 3 is 2.69 bits per heavy atom. The van der Waals surface area contributed by atoms with Crippen molar-refractivity contribution >= 4 is 11.6 Å². The summed E-state index contributed by atoms with van der Waals surface area (Å²) >= 11 is 0. The molecule has 1 aromatic carbocycles. The minimum atomic E-state index is -1.18. The number of hydrogen-bond donors (Lipinski definition) is 1. The van der Waals surface area contributed by atoms with Gasteiger partial charge in [0.05, 0.1) is 17.1 Å². The molecule has 5 nitrogen and oxygen atoms in total. The van der Waals surface area contributed by atoms with Crippen LogP contribution in [0.1, 0.15) is 57.8 Å². The second kappa shape index (κ2) is 5.51. The predicted octanol–water partition coefficient (Wildman–Crippen LogP) is 4.08. The van der Waals surface area contributed by atoms with Gasteiger partial charge >= 0.3 is 0 Å². The molecule has 2 heterocycles. The van der Waals surface area contributed by atoms with Gasteiger partial charge in [0.25, 0.3) is 0 Å². The molecule has 1 spiro atoms. The monoisotopic (exact) mass is 396 g/mol. The number of aromatic hydroxyl groups is 1. The van der Waals surface area contributed by atoms with Crippen molar-refractivity contribution in [1.29, 1.82) is 0 Å². The molecule has 1 saturated heterocycles. The topological polar surface area (TPSA) is 72.8 Å². The average Bonchev–Trinajstić information content (AvgIpc) is 2.76. The summed E-state index contributed by atoms with van der Waals surface area (Å²) < 4.78 is 13.3. The van der Waals surface area contributed by atoms with E-state index >= 15 is 0 Å². The summed E-state index contributed by atoms with van der Waals surface area (Å²) in [5, 5.41) is 10.0. The van der Waals surface area contributed by atoms with Crippen molar-refractivity contribution in [2.24, 2.45) is 23.7 Å². The molecule has 2 aliphatic heterocycles. The average molecular weight is 396 g/mol. The normalized spacial score (nSPS) is 40.9.